The van der Waals surface area contributed by atoms with E-state index in [1.165, 1.54) is 11.0 Å². The van der Waals surface area contributed by atoms with E-state index in [1.807, 2.05) is 85.7 Å². The van der Waals surface area contributed by atoms with Crippen molar-refractivity contribution in [2.45, 2.75) is 56.4 Å². The molecule has 4 aliphatic rings. The number of halogens is 3. The molecule has 0 bridgehead atoms. The fraction of sp³-hybridized carbons (Fsp3) is 0.395. The second-order valence-electron chi connectivity index (χ2n) is 12.6. The second-order valence-corrected chi connectivity index (χ2v) is 12.6. The van der Waals surface area contributed by atoms with Gasteiger partial charge in [0.1, 0.15) is 0 Å². The number of alkyl halides is 3. The highest BCUT2D eigenvalue weighted by molar-refractivity contribution is 6.10. The van der Waals surface area contributed by atoms with E-state index in [4.69, 9.17) is 16.9 Å². The van der Waals surface area contributed by atoms with Crippen LogP contribution < -0.4 is 10.6 Å². The number of likely N-dealkylation sites (tertiary alicyclic amines) is 1. The van der Waals surface area contributed by atoms with Crippen LogP contribution in [0.2, 0.25) is 0 Å². The molecule has 1 amide bonds. The normalized spacial score (nSPS) is 22.5. The molecule has 1 aliphatic carbocycles. The number of carbonyl (C=O) groups is 1. The molecule has 2 aromatic rings. The molecule has 3 heterocycles. The zero-order valence-corrected chi connectivity index (χ0v) is 27.0. The molecule has 2 aromatic carbocycles. The summed E-state index contributed by atoms with van der Waals surface area (Å²) >= 11 is 0. The number of nitrogens with two attached hydrogens (primary N) is 1. The standard InChI is InChI=1S/C30H35F3N4O2.C8H8/c1-4-23(35(3)19-34)15-29(17-39-18-29)22-8-7-9-24(14-22)37-16-26-25(28(37)38)12-21(13-27(26)30(31,32)33)20(2)36-10-5-6-11-36;1-2-4-6-8-7-5-3-1/h1,7-9,12-14,20,23H,5-6,10-11,15-19,34H2,2-3H3;1-8H/b;2-1-,3-1?,4-2?,5-3-,6-4-,7-5?,8-6?,8-7-/t20-,23?;/m0./s1. The van der Waals surface area contributed by atoms with Gasteiger partial charge in [0, 0.05) is 29.4 Å². The number of anilines is 1. The van der Waals surface area contributed by atoms with Crippen molar-refractivity contribution in [3.05, 3.63) is 113 Å². The molecule has 0 spiro atoms. The Morgan fingerprint density at radius 2 is 1.64 bits per heavy atom. The van der Waals surface area contributed by atoms with E-state index >= 15 is 0 Å². The van der Waals surface area contributed by atoms with Crippen LogP contribution in [0.25, 0.3) is 0 Å². The van der Waals surface area contributed by atoms with Crippen LogP contribution in [-0.4, -0.2) is 61.8 Å². The average molecular weight is 645 g/mol. The maximum absolute atomic E-state index is 14.3. The van der Waals surface area contributed by atoms with Crippen molar-refractivity contribution < 1.29 is 22.7 Å². The number of amides is 1. The number of fused-ring (bicyclic) bond motifs is 1. The molecule has 0 saturated carbocycles. The summed E-state index contributed by atoms with van der Waals surface area (Å²) in [6, 6.07) is 9.97. The van der Waals surface area contributed by atoms with Gasteiger partial charge in [-0.05, 0) is 87.3 Å². The molecule has 47 heavy (non-hydrogen) atoms. The van der Waals surface area contributed by atoms with Crippen molar-refractivity contribution in [1.82, 2.24) is 9.80 Å². The molecule has 6 rings (SSSR count). The molecule has 6 nitrogen and oxygen atoms in total. The Labute approximate surface area is 276 Å². The first-order valence-electron chi connectivity index (χ1n) is 16.1. The lowest BCUT2D eigenvalue weighted by Gasteiger charge is -2.44. The van der Waals surface area contributed by atoms with Crippen LogP contribution in [0.4, 0.5) is 18.9 Å². The zero-order chi connectivity index (χ0) is 33.6. The summed E-state index contributed by atoms with van der Waals surface area (Å²) in [4.78, 5) is 19.2. The highest BCUT2D eigenvalue weighted by atomic mass is 19.4. The largest absolute Gasteiger partial charge is 0.416 e. The van der Waals surface area contributed by atoms with Crippen molar-refractivity contribution in [3.63, 3.8) is 0 Å². The summed E-state index contributed by atoms with van der Waals surface area (Å²) in [5.74, 6) is 2.39. The number of carbonyl (C=O) groups excluding carboxylic acids is 1. The highest BCUT2D eigenvalue weighted by Gasteiger charge is 2.44. The third-order valence-electron chi connectivity index (χ3n) is 9.55. The molecule has 9 heteroatoms. The third-order valence-corrected chi connectivity index (χ3v) is 9.55. The molecule has 3 aliphatic heterocycles. The Morgan fingerprint density at radius 1 is 1.02 bits per heavy atom. The smallest absolute Gasteiger partial charge is 0.379 e. The lowest BCUT2D eigenvalue weighted by Crippen LogP contribution is -2.51. The molecular formula is C38H43F3N4O2. The average Bonchev–Trinajstić information content (AvgIpc) is 3.68. The molecular weight excluding hydrogens is 601 g/mol. The zero-order valence-electron chi connectivity index (χ0n) is 27.0. The van der Waals surface area contributed by atoms with Gasteiger partial charge in [0.15, 0.2) is 0 Å². The van der Waals surface area contributed by atoms with Gasteiger partial charge in [0.25, 0.3) is 5.91 Å². The molecule has 2 atom stereocenters. The van der Waals surface area contributed by atoms with Gasteiger partial charge in [0.05, 0.1) is 31.4 Å². The number of rotatable bonds is 8. The van der Waals surface area contributed by atoms with Crippen LogP contribution in [0, 0.1) is 12.3 Å². The van der Waals surface area contributed by atoms with Gasteiger partial charge in [-0.25, -0.2) is 0 Å². The van der Waals surface area contributed by atoms with Crippen LogP contribution in [0.5, 0.6) is 0 Å². The Balaban J connectivity index is 0.000000474. The van der Waals surface area contributed by atoms with Gasteiger partial charge in [-0.3, -0.25) is 14.6 Å². The Morgan fingerprint density at radius 3 is 2.15 bits per heavy atom. The molecule has 2 fully saturated rings. The minimum atomic E-state index is -4.56. The molecule has 1 unspecified atom stereocenters. The summed E-state index contributed by atoms with van der Waals surface area (Å²) in [6.07, 6.45) is 19.9. The van der Waals surface area contributed by atoms with Crippen LogP contribution in [0.1, 0.15) is 64.8 Å². The van der Waals surface area contributed by atoms with E-state index in [1.54, 1.807) is 12.1 Å². The number of benzene rings is 2. The van der Waals surface area contributed by atoms with Crippen LogP contribution in [0.3, 0.4) is 0 Å². The lowest BCUT2D eigenvalue weighted by atomic mass is 9.73. The summed E-state index contributed by atoms with van der Waals surface area (Å²) in [5.41, 5.74) is 6.93. The van der Waals surface area contributed by atoms with E-state index < -0.39 is 17.6 Å². The van der Waals surface area contributed by atoms with E-state index in [9.17, 15) is 18.0 Å². The van der Waals surface area contributed by atoms with Crippen molar-refractivity contribution in [3.8, 4) is 12.3 Å². The first-order valence-corrected chi connectivity index (χ1v) is 16.1. The fourth-order valence-electron chi connectivity index (χ4n) is 6.58. The lowest BCUT2D eigenvalue weighted by molar-refractivity contribution is -0.138. The van der Waals surface area contributed by atoms with Crippen LogP contribution >= 0.6 is 0 Å². The van der Waals surface area contributed by atoms with E-state index in [0.29, 0.717) is 37.6 Å². The van der Waals surface area contributed by atoms with Gasteiger partial charge in [0.2, 0.25) is 0 Å². The maximum Gasteiger partial charge on any atom is 0.416 e. The first-order chi connectivity index (χ1) is 22.6. The minimum Gasteiger partial charge on any atom is -0.379 e. The van der Waals surface area contributed by atoms with Crippen molar-refractivity contribution in [2.75, 3.05) is 44.9 Å². The molecule has 2 N–H and O–H groups in total. The number of allylic oxidation sites excluding steroid dienone is 8. The van der Waals surface area contributed by atoms with Crippen LogP contribution in [0.15, 0.2) is 85.0 Å². The third kappa shape index (κ3) is 7.63. The van der Waals surface area contributed by atoms with Gasteiger partial charge in [-0.15, -0.1) is 6.42 Å². The van der Waals surface area contributed by atoms with E-state index in [0.717, 1.165) is 31.5 Å². The predicted molar refractivity (Wildman–Crippen MR) is 181 cm³/mol. The Bertz CT molecular complexity index is 1540. The Kier molecular flexibility index (Phi) is 10.9. The van der Waals surface area contributed by atoms with Gasteiger partial charge in [-0.1, -0.05) is 66.7 Å². The molecule has 248 valence electrons. The van der Waals surface area contributed by atoms with Crippen LogP contribution in [-0.2, 0) is 22.9 Å². The van der Waals surface area contributed by atoms with Crippen molar-refractivity contribution in [2.24, 2.45) is 5.73 Å². The van der Waals surface area contributed by atoms with E-state index in [2.05, 4.69) is 10.8 Å². The summed E-state index contributed by atoms with van der Waals surface area (Å²) in [5, 5.41) is 0. The Hall–Kier alpha value is -3.94. The summed E-state index contributed by atoms with van der Waals surface area (Å²) in [6.45, 7) is 4.73. The number of hydrogen-bond donors (Lipinski definition) is 1. The monoisotopic (exact) mass is 644 g/mol. The maximum atomic E-state index is 14.3. The van der Waals surface area contributed by atoms with Gasteiger partial charge >= 0.3 is 6.18 Å². The second kappa shape index (κ2) is 14.9. The van der Waals surface area contributed by atoms with Gasteiger partial charge in [-0.2, -0.15) is 13.2 Å². The molecule has 2 saturated heterocycles. The minimum absolute atomic E-state index is 0.0360. The molecule has 0 radical (unpaired) electrons. The number of ether oxygens (including phenoxy) is 1. The van der Waals surface area contributed by atoms with Crippen molar-refractivity contribution >= 4 is 11.6 Å². The number of terminal acetylenes is 1. The molecule has 0 aromatic heterocycles. The predicted octanol–water partition coefficient (Wildman–Crippen LogP) is 6.76. The fourth-order valence-corrected chi connectivity index (χ4v) is 6.58. The summed E-state index contributed by atoms with van der Waals surface area (Å²) < 4.78 is 48.4. The van der Waals surface area contributed by atoms with Gasteiger partial charge < -0.3 is 15.4 Å². The van der Waals surface area contributed by atoms with Crippen molar-refractivity contribution in [1.29, 1.82) is 0 Å². The quantitative estimate of drug-likeness (QED) is 0.254. The summed E-state index contributed by atoms with van der Waals surface area (Å²) in [7, 11) is 1.87. The number of nitrogens with zero attached hydrogens (tertiary/aromatic N) is 3. The first kappa shape index (κ1) is 34.4. The SMILES string of the molecule is C#CC(CC1(c2cccc(N3Cc4c(cc([C@H](C)N5CCCC5)cc4C(F)(F)F)C3=O)c2)COC1)N(C)CN.C1=C\C=C/C=C\C=C/1. The topological polar surface area (TPSA) is 62.0 Å². The highest BCUT2D eigenvalue weighted by Crippen LogP contribution is 2.43. The number of hydrogen-bond acceptors (Lipinski definition) is 5. The van der Waals surface area contributed by atoms with E-state index in [-0.39, 0.29) is 35.2 Å².